The van der Waals surface area contributed by atoms with Gasteiger partial charge in [-0.3, -0.25) is 0 Å². The molecule has 0 bridgehead atoms. The molecule has 43 heavy (non-hydrogen) atoms. The number of aromatic nitrogens is 3. The van der Waals surface area contributed by atoms with E-state index in [1.165, 1.54) is 18.2 Å². The predicted molar refractivity (Wildman–Crippen MR) is 156 cm³/mol. The van der Waals surface area contributed by atoms with Crippen LogP contribution in [0.1, 0.15) is 61.9 Å². The molecule has 0 aliphatic carbocycles. The number of halogens is 3. The Labute approximate surface area is 248 Å². The van der Waals surface area contributed by atoms with Gasteiger partial charge in [-0.05, 0) is 62.4 Å². The molecule has 0 aliphatic rings. The fourth-order valence-electron chi connectivity index (χ4n) is 3.76. The number of aromatic carboxylic acids is 1. The largest absolute Gasteiger partial charge is 0.493 e. The number of allylic oxidation sites excluding steroid dienone is 1. The van der Waals surface area contributed by atoms with Crippen molar-refractivity contribution in [2.75, 3.05) is 23.8 Å². The maximum Gasteiger partial charge on any atom is 0.422 e. The number of hydrogen-bond acceptors (Lipinski definition) is 9. The number of nitrogens with one attached hydrogen (secondary N) is 2. The summed E-state index contributed by atoms with van der Waals surface area (Å²) < 4.78 is 54.8. The van der Waals surface area contributed by atoms with Crippen LogP contribution in [0.15, 0.2) is 55.1 Å². The summed E-state index contributed by atoms with van der Waals surface area (Å²) in [5.74, 6) is -0.467. The zero-order chi connectivity index (χ0) is 31.2. The van der Waals surface area contributed by atoms with Crippen LogP contribution in [0, 0.1) is 0 Å². The number of rotatable bonds is 18. The SMILES string of the molecule is C=CCCCC(C)Oc1ccc(CNc2nc(Nc3ccc(C(=O)O)c(OCCCC)c3)nc(OCC(F)(F)F)n2)cc1. The number of benzene rings is 2. The standard InChI is InChI=1S/C30H36F3N5O5/c1-4-6-8-9-20(3)43-23-13-10-21(11-14-23)18-34-27-36-28(38-29(37-27)42-19-30(31,32)33)35-22-12-15-24(26(39)40)25(17-22)41-16-7-5-2/h4,10-15,17,20H,1,5-9,16,18-19H2,2-3H3,(H,39,40)(H2,34,35,36,37,38). The molecule has 0 radical (unpaired) electrons. The van der Waals surface area contributed by atoms with Gasteiger partial charge in [-0.1, -0.05) is 31.6 Å². The van der Waals surface area contributed by atoms with Gasteiger partial charge in [0.05, 0.1) is 12.7 Å². The molecule has 1 aromatic heterocycles. The van der Waals surface area contributed by atoms with Crippen molar-refractivity contribution >= 4 is 23.6 Å². The molecule has 1 heterocycles. The molecule has 1 unspecified atom stereocenters. The van der Waals surface area contributed by atoms with E-state index in [1.807, 2.05) is 44.2 Å². The smallest absolute Gasteiger partial charge is 0.422 e. The van der Waals surface area contributed by atoms with Crippen LogP contribution in [-0.2, 0) is 6.54 Å². The van der Waals surface area contributed by atoms with Crippen LogP contribution in [-0.4, -0.2) is 51.5 Å². The van der Waals surface area contributed by atoms with Gasteiger partial charge in [-0.15, -0.1) is 6.58 Å². The van der Waals surface area contributed by atoms with Crippen molar-refractivity contribution in [1.82, 2.24) is 15.0 Å². The Morgan fingerprint density at radius 3 is 2.49 bits per heavy atom. The number of alkyl halides is 3. The van der Waals surface area contributed by atoms with E-state index in [4.69, 9.17) is 14.2 Å². The molecule has 0 saturated carbocycles. The topological polar surface area (TPSA) is 128 Å². The average Bonchev–Trinajstić information content (AvgIpc) is 2.95. The Bertz CT molecular complexity index is 1340. The first-order chi connectivity index (χ1) is 20.6. The first kappa shape index (κ1) is 33.0. The second-order valence-electron chi connectivity index (χ2n) is 9.66. The van der Waals surface area contributed by atoms with Gasteiger partial charge >= 0.3 is 18.2 Å². The molecule has 0 aliphatic heterocycles. The van der Waals surface area contributed by atoms with Crippen molar-refractivity contribution in [2.24, 2.45) is 0 Å². The van der Waals surface area contributed by atoms with E-state index < -0.39 is 24.8 Å². The lowest BCUT2D eigenvalue weighted by Crippen LogP contribution is -2.21. The summed E-state index contributed by atoms with van der Waals surface area (Å²) in [6.45, 7) is 6.68. The van der Waals surface area contributed by atoms with Crippen LogP contribution in [0.25, 0.3) is 0 Å². The van der Waals surface area contributed by atoms with Gasteiger partial charge in [-0.25, -0.2) is 4.79 Å². The second-order valence-corrected chi connectivity index (χ2v) is 9.66. The maximum absolute atomic E-state index is 12.8. The lowest BCUT2D eigenvalue weighted by Gasteiger charge is -2.15. The Balaban J connectivity index is 1.74. The second kappa shape index (κ2) is 16.2. The minimum Gasteiger partial charge on any atom is -0.493 e. The molecule has 2 aromatic carbocycles. The van der Waals surface area contributed by atoms with Crippen LogP contribution in [0.2, 0.25) is 0 Å². The van der Waals surface area contributed by atoms with Crippen molar-refractivity contribution in [3.05, 3.63) is 66.2 Å². The van der Waals surface area contributed by atoms with E-state index in [1.54, 1.807) is 0 Å². The summed E-state index contributed by atoms with van der Waals surface area (Å²) in [7, 11) is 0. The van der Waals surface area contributed by atoms with Gasteiger partial charge in [0.2, 0.25) is 11.9 Å². The highest BCUT2D eigenvalue weighted by Gasteiger charge is 2.29. The van der Waals surface area contributed by atoms with E-state index in [-0.39, 0.29) is 35.9 Å². The lowest BCUT2D eigenvalue weighted by molar-refractivity contribution is -0.154. The highest BCUT2D eigenvalue weighted by Crippen LogP contribution is 2.27. The summed E-state index contributed by atoms with van der Waals surface area (Å²) in [6.07, 6.45) is 1.74. The molecule has 13 heteroatoms. The Morgan fingerprint density at radius 2 is 1.81 bits per heavy atom. The molecule has 3 rings (SSSR count). The monoisotopic (exact) mass is 603 g/mol. The van der Waals surface area contributed by atoms with E-state index in [0.29, 0.717) is 12.3 Å². The number of carboxylic acid groups (broad SMARTS) is 1. The first-order valence-electron chi connectivity index (χ1n) is 13.9. The molecule has 0 saturated heterocycles. The molecule has 10 nitrogen and oxygen atoms in total. The first-order valence-corrected chi connectivity index (χ1v) is 13.9. The number of nitrogens with zero attached hydrogens (tertiary/aromatic N) is 3. The molecule has 0 amide bonds. The predicted octanol–water partition coefficient (Wildman–Crippen LogP) is 7.17. The highest BCUT2D eigenvalue weighted by molar-refractivity contribution is 5.91. The lowest BCUT2D eigenvalue weighted by atomic mass is 10.1. The van der Waals surface area contributed by atoms with Gasteiger partial charge < -0.3 is 30.0 Å². The maximum atomic E-state index is 12.8. The molecule has 232 valence electrons. The van der Waals surface area contributed by atoms with Crippen molar-refractivity contribution in [1.29, 1.82) is 0 Å². The van der Waals surface area contributed by atoms with Gasteiger partial charge in [0.25, 0.3) is 0 Å². The fourth-order valence-corrected chi connectivity index (χ4v) is 3.76. The molecule has 0 spiro atoms. The zero-order valence-corrected chi connectivity index (χ0v) is 24.1. The summed E-state index contributed by atoms with van der Waals surface area (Å²) >= 11 is 0. The van der Waals surface area contributed by atoms with Crippen LogP contribution in [0.4, 0.5) is 30.8 Å². The molecular formula is C30H36F3N5O5. The summed E-state index contributed by atoms with van der Waals surface area (Å²) in [4.78, 5) is 23.8. The van der Waals surface area contributed by atoms with Crippen LogP contribution >= 0.6 is 0 Å². The van der Waals surface area contributed by atoms with Gasteiger partial charge in [-0.2, -0.15) is 28.1 Å². The molecule has 3 aromatic rings. The Hall–Kier alpha value is -4.55. The van der Waals surface area contributed by atoms with Crippen molar-refractivity contribution in [3.63, 3.8) is 0 Å². The fraction of sp³-hybridized carbons (Fsp3) is 0.400. The number of carboxylic acids is 1. The summed E-state index contributed by atoms with van der Waals surface area (Å²) in [5.41, 5.74) is 1.16. The van der Waals surface area contributed by atoms with E-state index in [0.717, 1.165) is 43.4 Å². The summed E-state index contributed by atoms with van der Waals surface area (Å²) in [5, 5.41) is 15.3. The highest BCUT2D eigenvalue weighted by atomic mass is 19.4. The van der Waals surface area contributed by atoms with Crippen LogP contribution in [0.3, 0.4) is 0 Å². The number of anilines is 3. The third-order valence-electron chi connectivity index (χ3n) is 5.93. The van der Waals surface area contributed by atoms with Crippen molar-refractivity contribution in [2.45, 2.75) is 64.8 Å². The molecule has 3 N–H and O–H groups in total. The van der Waals surface area contributed by atoms with Crippen molar-refractivity contribution < 1.29 is 37.3 Å². The van der Waals surface area contributed by atoms with Crippen molar-refractivity contribution in [3.8, 4) is 17.5 Å². The van der Waals surface area contributed by atoms with Gasteiger partial charge in [0.1, 0.15) is 17.1 Å². The van der Waals surface area contributed by atoms with Gasteiger partial charge in [0, 0.05) is 18.3 Å². The van der Waals surface area contributed by atoms with E-state index in [2.05, 4.69) is 32.2 Å². The quantitative estimate of drug-likeness (QED) is 0.102. The minimum absolute atomic E-state index is 0.0348. The average molecular weight is 604 g/mol. The number of hydrogen-bond donors (Lipinski definition) is 3. The number of carbonyl (C=O) groups is 1. The van der Waals surface area contributed by atoms with Crippen LogP contribution in [0.5, 0.6) is 17.5 Å². The Kier molecular flexibility index (Phi) is 12.4. The van der Waals surface area contributed by atoms with E-state index >= 15 is 0 Å². The van der Waals surface area contributed by atoms with Gasteiger partial charge in [0.15, 0.2) is 6.61 Å². The molecule has 1 atom stereocenters. The normalized spacial score (nSPS) is 11.8. The Morgan fingerprint density at radius 1 is 1.07 bits per heavy atom. The number of unbranched alkanes of at least 4 members (excludes halogenated alkanes) is 2. The third kappa shape index (κ3) is 11.7. The van der Waals surface area contributed by atoms with Crippen LogP contribution < -0.4 is 24.8 Å². The third-order valence-corrected chi connectivity index (χ3v) is 5.93. The van der Waals surface area contributed by atoms with E-state index in [9.17, 15) is 23.1 Å². The zero-order valence-electron chi connectivity index (χ0n) is 24.1. The minimum atomic E-state index is -4.60. The summed E-state index contributed by atoms with van der Waals surface area (Å²) in [6, 6.07) is 11.1. The molecular weight excluding hydrogens is 567 g/mol. The number of ether oxygens (including phenoxy) is 3. The molecule has 0 fully saturated rings.